The molecule has 1 aliphatic rings. The van der Waals surface area contributed by atoms with Crippen LogP contribution < -0.4 is 10.6 Å². The molecule has 3 heteroatoms. The zero-order valence-electron chi connectivity index (χ0n) is 13.3. The number of benzene rings is 1. The summed E-state index contributed by atoms with van der Waals surface area (Å²) >= 11 is 0. The van der Waals surface area contributed by atoms with Crippen molar-refractivity contribution >= 4 is 11.6 Å². The van der Waals surface area contributed by atoms with Crippen molar-refractivity contribution in [3.63, 3.8) is 0 Å². The average molecular weight is 288 g/mol. The summed E-state index contributed by atoms with van der Waals surface area (Å²) < 4.78 is 0. The monoisotopic (exact) mass is 288 g/mol. The first-order valence-corrected chi connectivity index (χ1v) is 8.35. The first-order valence-electron chi connectivity index (χ1n) is 8.35. The van der Waals surface area contributed by atoms with Crippen LogP contribution in [-0.2, 0) is 0 Å². The lowest BCUT2D eigenvalue weighted by Gasteiger charge is -2.22. The Morgan fingerprint density at radius 3 is 2.57 bits per heavy atom. The highest BCUT2D eigenvalue weighted by Crippen LogP contribution is 2.23. The number of amides is 1. The summed E-state index contributed by atoms with van der Waals surface area (Å²) in [6, 6.07) is 8.13. The molecule has 0 heterocycles. The van der Waals surface area contributed by atoms with E-state index in [0.717, 1.165) is 30.6 Å². The van der Waals surface area contributed by atoms with Gasteiger partial charge in [-0.05, 0) is 49.4 Å². The molecule has 116 valence electrons. The second kappa shape index (κ2) is 8.06. The van der Waals surface area contributed by atoms with Crippen LogP contribution in [0.3, 0.4) is 0 Å². The second-order valence-corrected chi connectivity index (χ2v) is 6.20. The highest BCUT2D eigenvalue weighted by Gasteiger charge is 2.21. The van der Waals surface area contributed by atoms with E-state index in [0.29, 0.717) is 12.0 Å². The summed E-state index contributed by atoms with van der Waals surface area (Å²) in [6.07, 6.45) is 7.27. The van der Waals surface area contributed by atoms with Crippen LogP contribution in [0.1, 0.15) is 62.7 Å². The smallest absolute Gasteiger partial charge is 0.251 e. The Morgan fingerprint density at radius 1 is 1.14 bits per heavy atom. The highest BCUT2D eigenvalue weighted by atomic mass is 16.1. The molecule has 1 amide bonds. The molecule has 2 N–H and O–H groups in total. The molecule has 1 aliphatic carbocycles. The Balaban J connectivity index is 1.92. The fourth-order valence-electron chi connectivity index (χ4n) is 2.97. The fraction of sp³-hybridized carbons (Fsp3) is 0.611. The standard InChI is InChI=1S/C18H28N2O/c1-3-13-19-16-11-9-15(10-12-16)18(21)20-17-8-6-4-5-7-14(17)2/h9-12,14,17,19H,3-8,13H2,1-2H3,(H,20,21). The topological polar surface area (TPSA) is 41.1 Å². The van der Waals surface area contributed by atoms with E-state index in [9.17, 15) is 4.79 Å². The van der Waals surface area contributed by atoms with Crippen molar-refractivity contribution in [2.75, 3.05) is 11.9 Å². The van der Waals surface area contributed by atoms with Crippen LogP contribution in [-0.4, -0.2) is 18.5 Å². The number of hydrogen-bond acceptors (Lipinski definition) is 2. The molecule has 0 spiro atoms. The summed E-state index contributed by atoms with van der Waals surface area (Å²) in [7, 11) is 0. The number of carbonyl (C=O) groups is 1. The first-order chi connectivity index (χ1) is 10.2. The van der Waals surface area contributed by atoms with Gasteiger partial charge < -0.3 is 10.6 Å². The number of anilines is 1. The van der Waals surface area contributed by atoms with Gasteiger partial charge in [0, 0.05) is 23.8 Å². The van der Waals surface area contributed by atoms with Crippen molar-refractivity contribution in [1.29, 1.82) is 0 Å². The van der Waals surface area contributed by atoms with E-state index >= 15 is 0 Å². The third-order valence-electron chi connectivity index (χ3n) is 4.40. The normalized spacial score (nSPS) is 22.4. The van der Waals surface area contributed by atoms with Gasteiger partial charge in [-0.1, -0.05) is 33.1 Å². The van der Waals surface area contributed by atoms with Crippen LogP contribution in [0.25, 0.3) is 0 Å². The Labute approximate surface area is 128 Å². The molecule has 1 saturated carbocycles. The maximum Gasteiger partial charge on any atom is 0.251 e. The molecule has 0 aliphatic heterocycles. The Morgan fingerprint density at radius 2 is 1.86 bits per heavy atom. The minimum Gasteiger partial charge on any atom is -0.385 e. The van der Waals surface area contributed by atoms with Crippen LogP contribution in [0.4, 0.5) is 5.69 Å². The van der Waals surface area contributed by atoms with E-state index in [1.807, 2.05) is 24.3 Å². The van der Waals surface area contributed by atoms with Gasteiger partial charge in [0.2, 0.25) is 0 Å². The molecule has 2 atom stereocenters. The number of rotatable bonds is 5. The zero-order valence-corrected chi connectivity index (χ0v) is 13.3. The zero-order chi connectivity index (χ0) is 15.1. The Bertz CT molecular complexity index is 441. The van der Waals surface area contributed by atoms with E-state index < -0.39 is 0 Å². The molecule has 0 radical (unpaired) electrons. The highest BCUT2D eigenvalue weighted by molar-refractivity contribution is 5.94. The minimum absolute atomic E-state index is 0.0655. The largest absolute Gasteiger partial charge is 0.385 e. The van der Waals surface area contributed by atoms with E-state index in [2.05, 4.69) is 24.5 Å². The van der Waals surface area contributed by atoms with Crippen LogP contribution in [0.15, 0.2) is 24.3 Å². The van der Waals surface area contributed by atoms with Gasteiger partial charge in [-0.2, -0.15) is 0 Å². The van der Waals surface area contributed by atoms with Crippen molar-refractivity contribution in [1.82, 2.24) is 5.32 Å². The minimum atomic E-state index is 0.0655. The molecule has 0 saturated heterocycles. The number of hydrogen-bond donors (Lipinski definition) is 2. The van der Waals surface area contributed by atoms with E-state index in [1.165, 1.54) is 25.7 Å². The van der Waals surface area contributed by atoms with E-state index in [4.69, 9.17) is 0 Å². The molecule has 0 bridgehead atoms. The maximum absolute atomic E-state index is 12.4. The Kier molecular flexibility index (Phi) is 6.09. The molecular weight excluding hydrogens is 260 g/mol. The molecule has 1 aromatic carbocycles. The lowest BCUT2D eigenvalue weighted by atomic mass is 9.96. The van der Waals surface area contributed by atoms with Gasteiger partial charge in [0.05, 0.1) is 0 Å². The lowest BCUT2D eigenvalue weighted by Crippen LogP contribution is -2.38. The molecule has 2 rings (SSSR count). The van der Waals surface area contributed by atoms with Crippen LogP contribution >= 0.6 is 0 Å². The third kappa shape index (κ3) is 4.76. The number of nitrogens with one attached hydrogen (secondary N) is 2. The molecule has 1 aromatic rings. The molecule has 3 nitrogen and oxygen atoms in total. The van der Waals surface area contributed by atoms with Crippen molar-refractivity contribution in [3.8, 4) is 0 Å². The summed E-state index contributed by atoms with van der Waals surface area (Å²) in [5, 5.41) is 6.55. The Hall–Kier alpha value is -1.51. The van der Waals surface area contributed by atoms with Gasteiger partial charge in [0.25, 0.3) is 5.91 Å². The van der Waals surface area contributed by atoms with Crippen LogP contribution in [0.2, 0.25) is 0 Å². The summed E-state index contributed by atoms with van der Waals surface area (Å²) in [4.78, 5) is 12.4. The SMILES string of the molecule is CCCNc1ccc(C(=O)NC2CCCCCC2C)cc1. The van der Waals surface area contributed by atoms with Crippen molar-refractivity contribution in [3.05, 3.63) is 29.8 Å². The summed E-state index contributed by atoms with van der Waals surface area (Å²) in [6.45, 7) is 5.36. The van der Waals surface area contributed by atoms with Crippen molar-refractivity contribution in [2.24, 2.45) is 5.92 Å². The second-order valence-electron chi connectivity index (χ2n) is 6.20. The first kappa shape index (κ1) is 15.9. The van der Waals surface area contributed by atoms with E-state index in [-0.39, 0.29) is 5.91 Å². The number of carbonyl (C=O) groups excluding carboxylic acids is 1. The van der Waals surface area contributed by atoms with Crippen LogP contribution in [0.5, 0.6) is 0 Å². The van der Waals surface area contributed by atoms with Gasteiger partial charge in [-0.3, -0.25) is 4.79 Å². The summed E-state index contributed by atoms with van der Waals surface area (Å²) in [5.41, 5.74) is 1.84. The van der Waals surface area contributed by atoms with Gasteiger partial charge in [0.1, 0.15) is 0 Å². The third-order valence-corrected chi connectivity index (χ3v) is 4.40. The van der Waals surface area contributed by atoms with Gasteiger partial charge in [0.15, 0.2) is 0 Å². The van der Waals surface area contributed by atoms with Gasteiger partial charge in [-0.25, -0.2) is 0 Å². The molecule has 1 fully saturated rings. The van der Waals surface area contributed by atoms with E-state index in [1.54, 1.807) is 0 Å². The van der Waals surface area contributed by atoms with Gasteiger partial charge >= 0.3 is 0 Å². The predicted octanol–water partition coefficient (Wildman–Crippen LogP) is 4.21. The van der Waals surface area contributed by atoms with Gasteiger partial charge in [-0.15, -0.1) is 0 Å². The summed E-state index contributed by atoms with van der Waals surface area (Å²) in [5.74, 6) is 0.651. The molecule has 0 aromatic heterocycles. The quantitative estimate of drug-likeness (QED) is 0.797. The molecule has 21 heavy (non-hydrogen) atoms. The van der Waals surface area contributed by atoms with Crippen molar-refractivity contribution < 1.29 is 4.79 Å². The predicted molar refractivity (Wildman–Crippen MR) is 88.7 cm³/mol. The molecule has 2 unspecified atom stereocenters. The lowest BCUT2D eigenvalue weighted by molar-refractivity contribution is 0.0921. The van der Waals surface area contributed by atoms with Crippen molar-refractivity contribution in [2.45, 2.75) is 58.4 Å². The fourth-order valence-corrected chi connectivity index (χ4v) is 2.97. The van der Waals surface area contributed by atoms with Crippen LogP contribution in [0, 0.1) is 5.92 Å². The average Bonchev–Trinajstić information content (AvgIpc) is 2.70. The maximum atomic E-state index is 12.4. The molecular formula is C18H28N2O.